The molecule has 116 valence electrons. The Morgan fingerprint density at radius 1 is 1.38 bits per heavy atom. The van der Waals surface area contributed by atoms with Crippen molar-refractivity contribution in [3.8, 4) is 11.5 Å². The van der Waals surface area contributed by atoms with Crippen molar-refractivity contribution < 1.29 is 14.3 Å². The molecule has 0 bridgehead atoms. The minimum absolute atomic E-state index is 0.0970. The molecule has 0 aromatic heterocycles. The van der Waals surface area contributed by atoms with E-state index < -0.39 is 0 Å². The molecule has 0 saturated carbocycles. The molecule has 2 N–H and O–H groups in total. The number of rotatable bonds is 7. The van der Waals surface area contributed by atoms with Crippen molar-refractivity contribution >= 4 is 5.91 Å². The van der Waals surface area contributed by atoms with Crippen LogP contribution >= 0.6 is 0 Å². The van der Waals surface area contributed by atoms with Gasteiger partial charge in [-0.2, -0.15) is 0 Å². The first kappa shape index (κ1) is 15.6. The Labute approximate surface area is 126 Å². The van der Waals surface area contributed by atoms with Crippen molar-refractivity contribution in [2.45, 2.75) is 25.8 Å². The van der Waals surface area contributed by atoms with Crippen LogP contribution in [0.1, 0.15) is 24.8 Å². The maximum atomic E-state index is 11.9. The molecule has 1 saturated heterocycles. The number of hydrogen-bond donors (Lipinski definition) is 2. The molecule has 1 amide bonds. The number of carbonyl (C=O) groups is 1. The van der Waals surface area contributed by atoms with Crippen molar-refractivity contribution in [2.75, 3.05) is 27.3 Å². The second-order valence-corrected chi connectivity index (χ2v) is 5.35. The van der Waals surface area contributed by atoms with Gasteiger partial charge in [0, 0.05) is 24.6 Å². The third kappa shape index (κ3) is 4.63. The SMILES string of the molecule is COc1ccc(CNC(=O)CCC2CCNC2)c(OC)c1. The zero-order chi connectivity index (χ0) is 15.1. The Bertz CT molecular complexity index is 471. The molecule has 1 unspecified atom stereocenters. The van der Waals surface area contributed by atoms with Gasteiger partial charge in [0.25, 0.3) is 0 Å². The second-order valence-electron chi connectivity index (χ2n) is 5.35. The molecule has 2 rings (SSSR count). The average Bonchev–Trinajstić information content (AvgIpc) is 3.04. The zero-order valence-corrected chi connectivity index (χ0v) is 12.8. The first-order valence-electron chi connectivity index (χ1n) is 7.41. The molecule has 1 atom stereocenters. The van der Waals surface area contributed by atoms with Gasteiger partial charge in [-0.1, -0.05) is 0 Å². The summed E-state index contributed by atoms with van der Waals surface area (Å²) >= 11 is 0. The molecule has 1 aromatic carbocycles. The largest absolute Gasteiger partial charge is 0.497 e. The van der Waals surface area contributed by atoms with E-state index in [4.69, 9.17) is 9.47 Å². The topological polar surface area (TPSA) is 59.6 Å². The van der Waals surface area contributed by atoms with Crippen molar-refractivity contribution in [1.82, 2.24) is 10.6 Å². The fourth-order valence-electron chi connectivity index (χ4n) is 2.58. The Balaban J connectivity index is 1.80. The molecule has 1 aliphatic rings. The van der Waals surface area contributed by atoms with Crippen LogP contribution in [0, 0.1) is 5.92 Å². The van der Waals surface area contributed by atoms with E-state index in [2.05, 4.69) is 10.6 Å². The van der Waals surface area contributed by atoms with Gasteiger partial charge in [0.15, 0.2) is 0 Å². The Morgan fingerprint density at radius 2 is 2.24 bits per heavy atom. The van der Waals surface area contributed by atoms with Crippen molar-refractivity contribution in [3.05, 3.63) is 23.8 Å². The van der Waals surface area contributed by atoms with E-state index in [-0.39, 0.29) is 5.91 Å². The molecule has 0 aliphatic carbocycles. The van der Waals surface area contributed by atoms with Crippen molar-refractivity contribution in [2.24, 2.45) is 5.92 Å². The van der Waals surface area contributed by atoms with Crippen molar-refractivity contribution in [1.29, 1.82) is 0 Å². The van der Waals surface area contributed by atoms with E-state index in [1.807, 2.05) is 18.2 Å². The van der Waals surface area contributed by atoms with Crippen LogP contribution in [0.15, 0.2) is 18.2 Å². The van der Waals surface area contributed by atoms with Crippen LogP contribution in [-0.4, -0.2) is 33.2 Å². The minimum atomic E-state index is 0.0970. The second kappa shape index (κ2) is 7.88. The van der Waals surface area contributed by atoms with Gasteiger partial charge in [0.1, 0.15) is 11.5 Å². The number of ether oxygens (including phenoxy) is 2. The minimum Gasteiger partial charge on any atom is -0.497 e. The highest BCUT2D eigenvalue weighted by Crippen LogP contribution is 2.24. The first-order chi connectivity index (χ1) is 10.2. The molecule has 5 heteroatoms. The molecule has 1 heterocycles. The number of carbonyl (C=O) groups excluding carboxylic acids is 1. The Hall–Kier alpha value is -1.75. The van der Waals surface area contributed by atoms with Crippen LogP contribution in [0.25, 0.3) is 0 Å². The Kier molecular flexibility index (Phi) is 5.87. The van der Waals surface area contributed by atoms with E-state index in [0.29, 0.717) is 18.9 Å². The zero-order valence-electron chi connectivity index (χ0n) is 12.8. The summed E-state index contributed by atoms with van der Waals surface area (Å²) in [6, 6.07) is 5.61. The van der Waals surface area contributed by atoms with Crippen molar-refractivity contribution in [3.63, 3.8) is 0 Å². The van der Waals surface area contributed by atoms with Crippen LogP contribution in [0.3, 0.4) is 0 Å². The third-order valence-electron chi connectivity index (χ3n) is 3.91. The van der Waals surface area contributed by atoms with Crippen LogP contribution in [0.2, 0.25) is 0 Å². The lowest BCUT2D eigenvalue weighted by atomic mass is 10.0. The summed E-state index contributed by atoms with van der Waals surface area (Å²) in [5.41, 5.74) is 0.953. The average molecular weight is 292 g/mol. The fourth-order valence-corrected chi connectivity index (χ4v) is 2.58. The van der Waals surface area contributed by atoms with Gasteiger partial charge in [0.2, 0.25) is 5.91 Å². The lowest BCUT2D eigenvalue weighted by molar-refractivity contribution is -0.121. The van der Waals surface area contributed by atoms with E-state index >= 15 is 0 Å². The van der Waals surface area contributed by atoms with E-state index in [9.17, 15) is 4.79 Å². The van der Waals surface area contributed by atoms with E-state index in [0.717, 1.165) is 36.6 Å². The summed E-state index contributed by atoms with van der Waals surface area (Å²) in [5, 5.41) is 6.27. The smallest absolute Gasteiger partial charge is 0.220 e. The molecular weight excluding hydrogens is 268 g/mol. The van der Waals surface area contributed by atoms with Gasteiger partial charge >= 0.3 is 0 Å². The molecular formula is C16H24N2O3. The third-order valence-corrected chi connectivity index (χ3v) is 3.91. The number of methoxy groups -OCH3 is 2. The molecule has 0 radical (unpaired) electrons. The van der Waals surface area contributed by atoms with Crippen LogP contribution in [0.4, 0.5) is 0 Å². The lowest BCUT2D eigenvalue weighted by Gasteiger charge is -2.12. The standard InChI is InChI=1S/C16H24N2O3/c1-20-14-5-4-13(15(9-14)21-2)11-18-16(19)6-3-12-7-8-17-10-12/h4-5,9,12,17H,3,6-8,10-11H2,1-2H3,(H,18,19). The Morgan fingerprint density at radius 3 is 2.90 bits per heavy atom. The first-order valence-corrected chi connectivity index (χ1v) is 7.41. The summed E-state index contributed by atoms with van der Waals surface area (Å²) in [5.74, 6) is 2.22. The molecule has 1 aromatic rings. The number of benzene rings is 1. The lowest BCUT2D eigenvalue weighted by Crippen LogP contribution is -2.23. The molecule has 5 nitrogen and oxygen atoms in total. The van der Waals surface area contributed by atoms with Gasteiger partial charge in [0.05, 0.1) is 14.2 Å². The maximum Gasteiger partial charge on any atom is 0.220 e. The quantitative estimate of drug-likeness (QED) is 0.803. The molecule has 21 heavy (non-hydrogen) atoms. The normalized spacial score (nSPS) is 17.5. The van der Waals surface area contributed by atoms with Crippen LogP contribution in [0.5, 0.6) is 11.5 Å². The predicted molar refractivity (Wildman–Crippen MR) is 81.6 cm³/mol. The van der Waals surface area contributed by atoms with E-state index in [1.54, 1.807) is 14.2 Å². The molecule has 0 spiro atoms. The summed E-state index contributed by atoms with van der Waals surface area (Å²) in [7, 11) is 3.24. The van der Waals surface area contributed by atoms with Gasteiger partial charge in [-0.3, -0.25) is 4.79 Å². The number of amides is 1. The molecule has 1 fully saturated rings. The summed E-state index contributed by atoms with van der Waals surface area (Å²) in [6.07, 6.45) is 2.73. The summed E-state index contributed by atoms with van der Waals surface area (Å²) in [6.45, 7) is 2.60. The predicted octanol–water partition coefficient (Wildman–Crippen LogP) is 1.71. The molecule has 1 aliphatic heterocycles. The van der Waals surface area contributed by atoms with Gasteiger partial charge in [-0.05, 0) is 44.0 Å². The van der Waals surface area contributed by atoms with Gasteiger partial charge in [-0.25, -0.2) is 0 Å². The highest BCUT2D eigenvalue weighted by atomic mass is 16.5. The number of nitrogens with one attached hydrogen (secondary N) is 2. The van der Waals surface area contributed by atoms with Gasteiger partial charge in [-0.15, -0.1) is 0 Å². The maximum absolute atomic E-state index is 11.9. The van der Waals surface area contributed by atoms with E-state index in [1.165, 1.54) is 6.42 Å². The highest BCUT2D eigenvalue weighted by molar-refractivity contribution is 5.75. The monoisotopic (exact) mass is 292 g/mol. The van der Waals surface area contributed by atoms with Crippen LogP contribution in [-0.2, 0) is 11.3 Å². The highest BCUT2D eigenvalue weighted by Gasteiger charge is 2.15. The summed E-state index contributed by atoms with van der Waals surface area (Å²) < 4.78 is 10.5. The number of hydrogen-bond acceptors (Lipinski definition) is 4. The van der Waals surface area contributed by atoms with Crippen LogP contribution < -0.4 is 20.1 Å². The van der Waals surface area contributed by atoms with Gasteiger partial charge < -0.3 is 20.1 Å². The summed E-state index contributed by atoms with van der Waals surface area (Å²) in [4.78, 5) is 11.9. The fraction of sp³-hybridized carbons (Fsp3) is 0.562.